The van der Waals surface area contributed by atoms with Crippen LogP contribution in [0.5, 0.6) is 11.5 Å². The molecule has 6 heteroatoms. The van der Waals surface area contributed by atoms with Gasteiger partial charge < -0.3 is 14.8 Å². The highest BCUT2D eigenvalue weighted by atomic mass is 16.5. The summed E-state index contributed by atoms with van der Waals surface area (Å²) in [5.41, 5.74) is 3.64. The minimum atomic E-state index is 0.474. The summed E-state index contributed by atoms with van der Waals surface area (Å²) in [7, 11) is 3.38. The van der Waals surface area contributed by atoms with Gasteiger partial charge in [0, 0.05) is 67.6 Å². The maximum absolute atomic E-state index is 5.53. The number of fused-ring (bicyclic) bond motifs is 1. The molecule has 2 aromatic rings. The molecule has 0 bridgehead atoms. The Labute approximate surface area is 154 Å². The van der Waals surface area contributed by atoms with Gasteiger partial charge in [0.2, 0.25) is 0 Å². The zero-order valence-corrected chi connectivity index (χ0v) is 15.5. The van der Waals surface area contributed by atoms with Gasteiger partial charge in [0.15, 0.2) is 0 Å². The number of nitrogens with one attached hydrogen (secondary N) is 1. The van der Waals surface area contributed by atoms with Gasteiger partial charge in [0.25, 0.3) is 0 Å². The van der Waals surface area contributed by atoms with Crippen LogP contribution in [0.3, 0.4) is 0 Å². The van der Waals surface area contributed by atoms with E-state index in [1.54, 1.807) is 14.2 Å². The number of ether oxygens (including phenoxy) is 2. The molecule has 1 aromatic carbocycles. The molecule has 1 saturated heterocycles. The third-order valence-corrected chi connectivity index (χ3v) is 5.35. The van der Waals surface area contributed by atoms with Crippen LogP contribution in [-0.2, 0) is 19.5 Å². The van der Waals surface area contributed by atoms with E-state index in [4.69, 9.17) is 14.5 Å². The summed E-state index contributed by atoms with van der Waals surface area (Å²) in [6.45, 7) is 4.81. The first-order valence-corrected chi connectivity index (χ1v) is 9.25. The summed E-state index contributed by atoms with van der Waals surface area (Å²) >= 11 is 0. The lowest BCUT2D eigenvalue weighted by Gasteiger charge is -2.29. The fraction of sp³-hybridized carbons (Fsp3) is 0.500. The van der Waals surface area contributed by atoms with E-state index in [1.807, 2.05) is 18.3 Å². The summed E-state index contributed by atoms with van der Waals surface area (Å²) in [6.07, 6.45) is 4.15. The molecule has 4 rings (SSSR count). The smallest absolute Gasteiger partial charge is 0.132 e. The lowest BCUT2D eigenvalue weighted by molar-refractivity contribution is 0.238. The van der Waals surface area contributed by atoms with E-state index in [9.17, 15) is 0 Å². The van der Waals surface area contributed by atoms with E-state index in [2.05, 4.69) is 21.3 Å². The number of hydrogen-bond donors (Lipinski definition) is 1. The van der Waals surface area contributed by atoms with Crippen LogP contribution in [0.15, 0.2) is 24.4 Å². The molecule has 0 aliphatic carbocycles. The minimum Gasteiger partial charge on any atom is -0.497 e. The van der Waals surface area contributed by atoms with Gasteiger partial charge >= 0.3 is 0 Å². The molecule has 6 nitrogen and oxygen atoms in total. The maximum Gasteiger partial charge on any atom is 0.132 e. The van der Waals surface area contributed by atoms with Gasteiger partial charge in [-0.3, -0.25) is 4.90 Å². The van der Waals surface area contributed by atoms with Gasteiger partial charge in [-0.05, 0) is 19.0 Å². The monoisotopic (exact) mass is 354 g/mol. The first-order valence-electron chi connectivity index (χ1n) is 9.25. The Kier molecular flexibility index (Phi) is 5.04. The molecule has 3 heterocycles. The molecule has 0 unspecified atom stereocenters. The van der Waals surface area contributed by atoms with Crippen molar-refractivity contribution >= 4 is 0 Å². The van der Waals surface area contributed by atoms with Crippen LogP contribution in [0.4, 0.5) is 0 Å². The topological polar surface area (TPSA) is 59.5 Å². The van der Waals surface area contributed by atoms with Crippen LogP contribution in [0.2, 0.25) is 0 Å². The van der Waals surface area contributed by atoms with Crippen molar-refractivity contribution in [3.8, 4) is 11.5 Å². The van der Waals surface area contributed by atoms with E-state index < -0.39 is 0 Å². The molecule has 1 atom stereocenters. The summed E-state index contributed by atoms with van der Waals surface area (Å²) < 4.78 is 10.8. The standard InChI is InChI=1S/C20H26N4O2/c1-25-17-4-3-15(19(9-17)26-2)12-24-8-6-18-16(13-24)11-22-20(23-18)14-5-7-21-10-14/h3-4,9,11,14,21H,5-8,10,12-13H2,1-2H3/t14-/m1/s1. The quantitative estimate of drug-likeness (QED) is 0.888. The van der Waals surface area contributed by atoms with Crippen LogP contribution in [-0.4, -0.2) is 48.7 Å². The zero-order valence-electron chi connectivity index (χ0n) is 15.5. The number of rotatable bonds is 5. The highest BCUT2D eigenvalue weighted by molar-refractivity contribution is 5.40. The van der Waals surface area contributed by atoms with Crippen LogP contribution >= 0.6 is 0 Å². The minimum absolute atomic E-state index is 0.474. The maximum atomic E-state index is 5.53. The highest BCUT2D eigenvalue weighted by Gasteiger charge is 2.23. The van der Waals surface area contributed by atoms with Gasteiger partial charge in [-0.2, -0.15) is 0 Å². The van der Waals surface area contributed by atoms with Crippen LogP contribution in [0.1, 0.15) is 35.0 Å². The second-order valence-corrected chi connectivity index (χ2v) is 7.03. The molecule has 0 radical (unpaired) electrons. The van der Waals surface area contributed by atoms with Crippen molar-refractivity contribution in [1.82, 2.24) is 20.2 Å². The Balaban J connectivity index is 1.47. The summed E-state index contributed by atoms with van der Waals surface area (Å²) in [6, 6.07) is 6.01. The van der Waals surface area contributed by atoms with E-state index in [-0.39, 0.29) is 0 Å². The molecular weight excluding hydrogens is 328 g/mol. The Morgan fingerprint density at radius 2 is 2.19 bits per heavy atom. The van der Waals surface area contributed by atoms with Gasteiger partial charge in [-0.15, -0.1) is 0 Å². The van der Waals surface area contributed by atoms with Crippen molar-refractivity contribution in [3.63, 3.8) is 0 Å². The Morgan fingerprint density at radius 3 is 2.96 bits per heavy atom. The number of hydrogen-bond acceptors (Lipinski definition) is 6. The Bertz CT molecular complexity index is 774. The van der Waals surface area contributed by atoms with Crippen molar-refractivity contribution < 1.29 is 9.47 Å². The van der Waals surface area contributed by atoms with E-state index >= 15 is 0 Å². The number of benzene rings is 1. The van der Waals surface area contributed by atoms with Crippen molar-refractivity contribution in [3.05, 3.63) is 47.0 Å². The van der Waals surface area contributed by atoms with Crippen LogP contribution in [0.25, 0.3) is 0 Å². The lowest BCUT2D eigenvalue weighted by atomic mass is 10.0. The van der Waals surface area contributed by atoms with Gasteiger partial charge in [-0.25, -0.2) is 9.97 Å². The number of nitrogens with zero attached hydrogens (tertiary/aromatic N) is 3. The molecule has 1 aromatic heterocycles. The molecule has 0 saturated carbocycles. The second-order valence-electron chi connectivity index (χ2n) is 7.03. The molecule has 2 aliphatic heterocycles. The Morgan fingerprint density at radius 1 is 1.27 bits per heavy atom. The van der Waals surface area contributed by atoms with Crippen molar-refractivity contribution in [2.24, 2.45) is 0 Å². The van der Waals surface area contributed by atoms with Gasteiger partial charge in [0.1, 0.15) is 17.3 Å². The molecule has 1 N–H and O–H groups in total. The normalized spacial score (nSPS) is 20.0. The van der Waals surface area contributed by atoms with Gasteiger partial charge in [-0.1, -0.05) is 6.07 Å². The average Bonchev–Trinajstić information content (AvgIpc) is 3.22. The average molecular weight is 354 g/mol. The highest BCUT2D eigenvalue weighted by Crippen LogP contribution is 2.28. The first kappa shape index (κ1) is 17.2. The second kappa shape index (κ2) is 7.60. The predicted octanol–water partition coefficient (Wildman–Crippen LogP) is 2.13. The Hall–Kier alpha value is -2.18. The van der Waals surface area contributed by atoms with Crippen molar-refractivity contribution in [2.45, 2.75) is 31.8 Å². The number of methoxy groups -OCH3 is 2. The van der Waals surface area contributed by atoms with Crippen molar-refractivity contribution in [1.29, 1.82) is 0 Å². The lowest BCUT2D eigenvalue weighted by Crippen LogP contribution is -2.31. The third-order valence-electron chi connectivity index (χ3n) is 5.35. The van der Waals surface area contributed by atoms with Crippen LogP contribution < -0.4 is 14.8 Å². The summed E-state index contributed by atoms with van der Waals surface area (Å²) in [4.78, 5) is 12.0. The van der Waals surface area contributed by atoms with E-state index in [0.29, 0.717) is 5.92 Å². The zero-order chi connectivity index (χ0) is 17.9. The number of aromatic nitrogens is 2. The van der Waals surface area contributed by atoms with Crippen LogP contribution in [0, 0.1) is 0 Å². The largest absolute Gasteiger partial charge is 0.497 e. The fourth-order valence-electron chi connectivity index (χ4n) is 3.82. The van der Waals surface area contributed by atoms with Crippen molar-refractivity contribution in [2.75, 3.05) is 33.9 Å². The molecule has 0 amide bonds. The molecular formula is C20H26N4O2. The summed E-state index contributed by atoms with van der Waals surface area (Å²) in [5, 5.41) is 3.40. The third kappa shape index (κ3) is 3.52. The van der Waals surface area contributed by atoms with Gasteiger partial charge in [0.05, 0.1) is 14.2 Å². The predicted molar refractivity (Wildman–Crippen MR) is 99.6 cm³/mol. The molecule has 1 fully saturated rings. The van der Waals surface area contributed by atoms with E-state index in [0.717, 1.165) is 62.9 Å². The molecule has 2 aliphatic rings. The first-order chi connectivity index (χ1) is 12.8. The molecule has 138 valence electrons. The summed E-state index contributed by atoms with van der Waals surface area (Å²) in [5.74, 6) is 3.17. The molecule has 26 heavy (non-hydrogen) atoms. The SMILES string of the molecule is COc1ccc(CN2CCc3nc([C@@H]4CCNC4)ncc3C2)c(OC)c1. The van der Waals surface area contributed by atoms with E-state index in [1.165, 1.54) is 16.8 Å². The molecule has 0 spiro atoms. The fourth-order valence-corrected chi connectivity index (χ4v) is 3.82.